The van der Waals surface area contributed by atoms with Crippen molar-refractivity contribution in [2.75, 3.05) is 13.6 Å². The van der Waals surface area contributed by atoms with Crippen molar-refractivity contribution in [3.8, 4) is 12.3 Å². The summed E-state index contributed by atoms with van der Waals surface area (Å²) in [6.07, 6.45) is 7.91. The number of terminal acetylenes is 1. The number of nitrogens with one attached hydrogen (secondary N) is 2. The molecular weight excluding hydrogens is 252 g/mol. The van der Waals surface area contributed by atoms with Gasteiger partial charge < -0.3 is 9.73 Å². The highest BCUT2D eigenvalue weighted by Crippen LogP contribution is 2.13. The van der Waals surface area contributed by atoms with Gasteiger partial charge in [0.2, 0.25) is 5.09 Å². The zero-order valence-electron chi connectivity index (χ0n) is 10.4. The van der Waals surface area contributed by atoms with Crippen LogP contribution in [0.15, 0.2) is 21.6 Å². The molecule has 1 aromatic heterocycles. The smallest absolute Gasteiger partial charge is 0.273 e. The van der Waals surface area contributed by atoms with Crippen LogP contribution in [0.4, 0.5) is 0 Å². The molecule has 2 N–H and O–H groups in total. The van der Waals surface area contributed by atoms with Gasteiger partial charge in [-0.1, -0.05) is 0 Å². The Labute approximate surface area is 108 Å². The minimum absolute atomic E-state index is 0.0610. The van der Waals surface area contributed by atoms with E-state index >= 15 is 0 Å². The zero-order valence-corrected chi connectivity index (χ0v) is 11.2. The number of unbranched alkanes of at least 4 members (excludes halogenated alkanes) is 2. The molecule has 0 bridgehead atoms. The second-order valence-electron chi connectivity index (χ2n) is 3.77. The third-order valence-electron chi connectivity index (χ3n) is 2.39. The van der Waals surface area contributed by atoms with E-state index in [1.807, 2.05) is 0 Å². The predicted octanol–water partition coefficient (Wildman–Crippen LogP) is 1.08. The van der Waals surface area contributed by atoms with Crippen LogP contribution in [0.3, 0.4) is 0 Å². The van der Waals surface area contributed by atoms with Crippen LogP contribution in [0.25, 0.3) is 0 Å². The number of hydrogen-bond donors (Lipinski definition) is 2. The molecule has 0 aliphatic heterocycles. The second kappa shape index (κ2) is 7.21. The SMILES string of the molecule is C#CCCCCNCc1ccc(S(=O)(=O)NC)o1. The third-order valence-corrected chi connectivity index (χ3v) is 3.68. The Morgan fingerprint density at radius 2 is 2.17 bits per heavy atom. The summed E-state index contributed by atoms with van der Waals surface area (Å²) in [5.74, 6) is 3.18. The Bertz CT molecular complexity index is 500. The van der Waals surface area contributed by atoms with E-state index in [-0.39, 0.29) is 5.09 Å². The molecule has 5 nitrogen and oxygen atoms in total. The quantitative estimate of drug-likeness (QED) is 0.548. The summed E-state index contributed by atoms with van der Waals surface area (Å²) in [6, 6.07) is 3.10. The molecule has 0 amide bonds. The highest BCUT2D eigenvalue weighted by molar-refractivity contribution is 7.89. The van der Waals surface area contributed by atoms with E-state index in [2.05, 4.69) is 16.0 Å². The second-order valence-corrected chi connectivity index (χ2v) is 5.58. The van der Waals surface area contributed by atoms with E-state index in [9.17, 15) is 8.42 Å². The van der Waals surface area contributed by atoms with E-state index in [0.29, 0.717) is 12.3 Å². The standard InChI is InChI=1S/C12H18N2O3S/c1-3-4-5-6-9-14-10-11-7-8-12(17-11)18(15,16)13-2/h1,7-8,13-14H,4-6,9-10H2,2H3. The van der Waals surface area contributed by atoms with Crippen molar-refractivity contribution in [3.63, 3.8) is 0 Å². The summed E-state index contributed by atoms with van der Waals surface area (Å²) in [4.78, 5) is 0. The largest absolute Gasteiger partial charge is 0.447 e. The molecule has 0 aromatic carbocycles. The van der Waals surface area contributed by atoms with Crippen LogP contribution in [-0.4, -0.2) is 22.0 Å². The summed E-state index contributed by atoms with van der Waals surface area (Å²) < 4.78 is 30.3. The highest BCUT2D eigenvalue weighted by atomic mass is 32.2. The lowest BCUT2D eigenvalue weighted by Gasteiger charge is -2.01. The third kappa shape index (κ3) is 4.53. The van der Waals surface area contributed by atoms with Crippen LogP contribution in [0, 0.1) is 12.3 Å². The molecule has 18 heavy (non-hydrogen) atoms. The molecule has 0 atom stereocenters. The van der Waals surface area contributed by atoms with Crippen LogP contribution in [0.2, 0.25) is 0 Å². The Kier molecular flexibility index (Phi) is 5.92. The summed E-state index contributed by atoms with van der Waals surface area (Å²) in [5, 5.41) is 3.10. The Balaban J connectivity index is 2.35. The maximum absolute atomic E-state index is 11.4. The summed E-state index contributed by atoms with van der Waals surface area (Å²) in [5.41, 5.74) is 0. The van der Waals surface area contributed by atoms with Gasteiger partial charge in [-0.3, -0.25) is 0 Å². The van der Waals surface area contributed by atoms with Gasteiger partial charge in [0.1, 0.15) is 5.76 Å². The van der Waals surface area contributed by atoms with Gasteiger partial charge in [-0.15, -0.1) is 12.3 Å². The molecule has 0 spiro atoms. The van der Waals surface area contributed by atoms with Crippen LogP contribution in [0.1, 0.15) is 25.0 Å². The fraction of sp³-hybridized carbons (Fsp3) is 0.500. The Hall–Kier alpha value is -1.29. The van der Waals surface area contributed by atoms with Crippen molar-refractivity contribution < 1.29 is 12.8 Å². The molecule has 0 aliphatic carbocycles. The average Bonchev–Trinajstić information content (AvgIpc) is 2.83. The van der Waals surface area contributed by atoms with Gasteiger partial charge in [-0.25, -0.2) is 13.1 Å². The van der Waals surface area contributed by atoms with Crippen LogP contribution >= 0.6 is 0 Å². The first-order chi connectivity index (χ1) is 8.60. The molecule has 1 rings (SSSR count). The lowest BCUT2D eigenvalue weighted by atomic mass is 10.2. The van der Waals surface area contributed by atoms with E-state index in [0.717, 1.165) is 25.8 Å². The molecule has 0 saturated carbocycles. The average molecular weight is 270 g/mol. The van der Waals surface area contributed by atoms with Gasteiger partial charge in [0.25, 0.3) is 10.0 Å². The lowest BCUT2D eigenvalue weighted by molar-refractivity contribution is 0.400. The van der Waals surface area contributed by atoms with Gasteiger partial charge in [-0.05, 0) is 38.6 Å². The van der Waals surface area contributed by atoms with Gasteiger partial charge >= 0.3 is 0 Å². The maximum Gasteiger partial charge on any atom is 0.273 e. The normalized spacial score (nSPS) is 11.3. The summed E-state index contributed by atoms with van der Waals surface area (Å²) in [6.45, 7) is 1.34. The Morgan fingerprint density at radius 3 is 2.83 bits per heavy atom. The van der Waals surface area contributed by atoms with Gasteiger partial charge in [0.15, 0.2) is 0 Å². The first-order valence-corrected chi connectivity index (χ1v) is 7.25. The fourth-order valence-electron chi connectivity index (χ4n) is 1.39. The number of furan rings is 1. The van der Waals surface area contributed by atoms with Gasteiger partial charge in [0, 0.05) is 6.42 Å². The van der Waals surface area contributed by atoms with Crippen molar-refractivity contribution in [1.82, 2.24) is 10.0 Å². The number of sulfonamides is 1. The molecule has 0 radical (unpaired) electrons. The minimum Gasteiger partial charge on any atom is -0.447 e. The molecule has 100 valence electrons. The first kappa shape index (κ1) is 14.8. The van der Waals surface area contributed by atoms with Crippen LogP contribution in [-0.2, 0) is 16.6 Å². The molecular formula is C12H18N2O3S. The van der Waals surface area contributed by atoms with E-state index in [1.165, 1.54) is 13.1 Å². The zero-order chi connectivity index (χ0) is 13.4. The van der Waals surface area contributed by atoms with Crippen molar-refractivity contribution in [2.45, 2.75) is 30.9 Å². The molecule has 0 aliphatic rings. The van der Waals surface area contributed by atoms with Gasteiger partial charge in [-0.2, -0.15) is 0 Å². The van der Waals surface area contributed by atoms with E-state index in [4.69, 9.17) is 10.8 Å². The van der Waals surface area contributed by atoms with E-state index in [1.54, 1.807) is 6.07 Å². The van der Waals surface area contributed by atoms with Gasteiger partial charge in [0.05, 0.1) is 6.54 Å². The van der Waals surface area contributed by atoms with E-state index < -0.39 is 10.0 Å². The van der Waals surface area contributed by atoms with Crippen molar-refractivity contribution in [1.29, 1.82) is 0 Å². The van der Waals surface area contributed by atoms with Crippen LogP contribution in [0.5, 0.6) is 0 Å². The maximum atomic E-state index is 11.4. The molecule has 6 heteroatoms. The van der Waals surface area contributed by atoms with Crippen molar-refractivity contribution in [2.24, 2.45) is 0 Å². The fourth-order valence-corrected chi connectivity index (χ4v) is 2.05. The number of hydrogen-bond acceptors (Lipinski definition) is 4. The lowest BCUT2D eigenvalue weighted by Crippen LogP contribution is -2.18. The molecule has 1 aromatic rings. The van der Waals surface area contributed by atoms with Crippen molar-refractivity contribution >= 4 is 10.0 Å². The number of rotatable bonds is 8. The van der Waals surface area contributed by atoms with Crippen molar-refractivity contribution in [3.05, 3.63) is 17.9 Å². The monoisotopic (exact) mass is 270 g/mol. The highest BCUT2D eigenvalue weighted by Gasteiger charge is 2.15. The predicted molar refractivity (Wildman–Crippen MR) is 69.3 cm³/mol. The Morgan fingerprint density at radius 1 is 1.39 bits per heavy atom. The molecule has 0 saturated heterocycles. The first-order valence-electron chi connectivity index (χ1n) is 5.76. The molecule has 0 unspecified atom stereocenters. The summed E-state index contributed by atoms with van der Waals surface area (Å²) >= 11 is 0. The minimum atomic E-state index is -3.49. The van der Waals surface area contributed by atoms with Crippen LogP contribution < -0.4 is 10.0 Å². The molecule has 1 heterocycles. The summed E-state index contributed by atoms with van der Waals surface area (Å²) in [7, 11) is -2.14. The topological polar surface area (TPSA) is 71.3 Å². The molecule has 0 fully saturated rings.